The zero-order valence-corrected chi connectivity index (χ0v) is 11.5. The van der Waals surface area contributed by atoms with Gasteiger partial charge in [-0.2, -0.15) is 5.10 Å². The molecule has 20 heavy (non-hydrogen) atoms. The smallest absolute Gasteiger partial charge is 0.362 e. The van der Waals surface area contributed by atoms with Gasteiger partial charge in [-0.3, -0.25) is 4.79 Å². The van der Waals surface area contributed by atoms with Crippen molar-refractivity contribution >= 4 is 5.97 Å². The maximum Gasteiger partial charge on any atom is 0.362 e. The van der Waals surface area contributed by atoms with Crippen LogP contribution in [0.15, 0.2) is 41.3 Å². The molecule has 1 aromatic heterocycles. The van der Waals surface area contributed by atoms with E-state index in [2.05, 4.69) is 5.10 Å². The average molecular weight is 272 g/mol. The van der Waals surface area contributed by atoms with Gasteiger partial charge in [-0.15, -0.1) is 0 Å². The Morgan fingerprint density at radius 3 is 2.55 bits per heavy atom. The van der Waals surface area contributed by atoms with E-state index in [1.165, 1.54) is 4.68 Å². The maximum absolute atomic E-state index is 12.1. The number of hydrogen-bond acceptors (Lipinski definition) is 4. The van der Waals surface area contributed by atoms with E-state index in [-0.39, 0.29) is 17.7 Å². The summed E-state index contributed by atoms with van der Waals surface area (Å²) in [5.41, 5.74) is 0.785. The summed E-state index contributed by atoms with van der Waals surface area (Å²) < 4.78 is 6.42. The molecule has 0 bridgehead atoms. The highest BCUT2D eigenvalue weighted by atomic mass is 16.5. The first-order chi connectivity index (χ1) is 9.67. The third-order valence-corrected chi connectivity index (χ3v) is 2.86. The first-order valence-corrected chi connectivity index (χ1v) is 6.52. The molecule has 0 radical (unpaired) electrons. The minimum absolute atomic E-state index is 0.171. The van der Waals surface area contributed by atoms with Gasteiger partial charge in [0.2, 0.25) is 11.1 Å². The lowest BCUT2D eigenvalue weighted by atomic mass is 10.2. The molecular formula is C15H16N2O3. The number of rotatable bonds is 4. The molecule has 2 rings (SSSR count). The van der Waals surface area contributed by atoms with Crippen LogP contribution in [0, 0.1) is 0 Å². The van der Waals surface area contributed by atoms with Gasteiger partial charge in [0.15, 0.2) is 0 Å². The third kappa shape index (κ3) is 2.77. The van der Waals surface area contributed by atoms with Crippen LogP contribution >= 0.6 is 0 Å². The summed E-state index contributed by atoms with van der Waals surface area (Å²) >= 11 is 0. The summed E-state index contributed by atoms with van der Waals surface area (Å²) in [7, 11) is 0. The van der Waals surface area contributed by atoms with Gasteiger partial charge in [0, 0.05) is 11.8 Å². The van der Waals surface area contributed by atoms with Crippen LogP contribution in [0.3, 0.4) is 0 Å². The molecule has 0 fully saturated rings. The van der Waals surface area contributed by atoms with E-state index >= 15 is 0 Å². The normalized spacial score (nSPS) is 10.3. The van der Waals surface area contributed by atoms with Crippen LogP contribution in [0.2, 0.25) is 0 Å². The molecule has 5 heteroatoms. The van der Waals surface area contributed by atoms with Gasteiger partial charge in [0.1, 0.15) is 0 Å². The molecule has 0 aliphatic carbocycles. The fourth-order valence-electron chi connectivity index (χ4n) is 1.84. The number of carbonyl (C=O) groups excluding carboxylic acids is 1. The lowest BCUT2D eigenvalue weighted by molar-refractivity contribution is 0.0515. The van der Waals surface area contributed by atoms with Crippen molar-refractivity contribution in [3.63, 3.8) is 0 Å². The van der Waals surface area contributed by atoms with Crippen LogP contribution in [-0.2, 0) is 11.2 Å². The minimum Gasteiger partial charge on any atom is -0.461 e. The predicted molar refractivity (Wildman–Crippen MR) is 75.2 cm³/mol. The molecule has 0 spiro atoms. The number of hydrogen-bond donors (Lipinski definition) is 0. The molecule has 0 unspecified atom stereocenters. The highest BCUT2D eigenvalue weighted by Gasteiger charge is 2.17. The van der Waals surface area contributed by atoms with E-state index in [0.29, 0.717) is 12.0 Å². The van der Waals surface area contributed by atoms with E-state index in [4.69, 9.17) is 4.74 Å². The number of aryl methyl sites for hydroxylation is 1. The Kier molecular flexibility index (Phi) is 4.30. The van der Waals surface area contributed by atoms with Crippen molar-refractivity contribution in [3.05, 3.63) is 58.0 Å². The van der Waals surface area contributed by atoms with Gasteiger partial charge >= 0.3 is 5.97 Å². The molecular weight excluding hydrogens is 256 g/mol. The largest absolute Gasteiger partial charge is 0.461 e. The Morgan fingerprint density at radius 2 is 1.95 bits per heavy atom. The zero-order valence-electron chi connectivity index (χ0n) is 11.5. The Bertz CT molecular complexity index is 663. The number of esters is 1. The second kappa shape index (κ2) is 6.14. The molecule has 0 N–H and O–H groups in total. The van der Waals surface area contributed by atoms with Crippen molar-refractivity contribution in [2.75, 3.05) is 6.61 Å². The second-order valence-corrected chi connectivity index (χ2v) is 4.19. The molecule has 2 aromatic rings. The quantitative estimate of drug-likeness (QED) is 0.798. The van der Waals surface area contributed by atoms with Crippen LogP contribution < -0.4 is 5.43 Å². The number of aromatic nitrogens is 2. The lowest BCUT2D eigenvalue weighted by Crippen LogP contribution is -2.26. The molecule has 104 valence electrons. The third-order valence-electron chi connectivity index (χ3n) is 2.86. The van der Waals surface area contributed by atoms with Crippen molar-refractivity contribution in [1.82, 2.24) is 9.78 Å². The summed E-state index contributed by atoms with van der Waals surface area (Å²) in [6.45, 7) is 3.76. The molecule has 0 aliphatic rings. The molecule has 1 heterocycles. The van der Waals surface area contributed by atoms with Gasteiger partial charge in [-0.1, -0.05) is 25.1 Å². The van der Waals surface area contributed by atoms with Crippen molar-refractivity contribution in [2.45, 2.75) is 20.3 Å². The predicted octanol–water partition coefficient (Wildman–Crippen LogP) is 1.97. The number of para-hydroxylation sites is 1. The molecule has 0 saturated heterocycles. The van der Waals surface area contributed by atoms with E-state index in [0.717, 1.165) is 5.69 Å². The maximum atomic E-state index is 12.1. The van der Waals surface area contributed by atoms with Gasteiger partial charge < -0.3 is 4.74 Å². The summed E-state index contributed by atoms with van der Waals surface area (Å²) in [5, 5.41) is 4.10. The topological polar surface area (TPSA) is 61.2 Å². The monoisotopic (exact) mass is 272 g/mol. The Hall–Kier alpha value is -2.43. The van der Waals surface area contributed by atoms with Crippen LogP contribution in [-0.4, -0.2) is 22.4 Å². The number of benzene rings is 1. The van der Waals surface area contributed by atoms with E-state index in [1.807, 2.05) is 37.3 Å². The molecule has 1 aromatic carbocycles. The number of nitrogens with zero attached hydrogens (tertiary/aromatic N) is 2. The highest BCUT2D eigenvalue weighted by Crippen LogP contribution is 2.07. The molecule has 0 amide bonds. The average Bonchev–Trinajstić information content (AvgIpc) is 2.48. The standard InChI is InChI=1S/C15H16N2O3/c1-3-11-10-17(12-8-6-5-7-9-12)16-13(14(11)18)15(19)20-4-2/h5-10H,3-4H2,1-2H3. The Morgan fingerprint density at radius 1 is 1.25 bits per heavy atom. The van der Waals surface area contributed by atoms with E-state index in [1.54, 1.807) is 13.1 Å². The van der Waals surface area contributed by atoms with Gasteiger partial charge in [-0.25, -0.2) is 9.48 Å². The molecule has 0 aliphatic heterocycles. The summed E-state index contributed by atoms with van der Waals surface area (Å²) in [6, 6.07) is 9.33. The van der Waals surface area contributed by atoms with Gasteiger partial charge in [-0.05, 0) is 25.5 Å². The van der Waals surface area contributed by atoms with Gasteiger partial charge in [0.25, 0.3) is 0 Å². The van der Waals surface area contributed by atoms with Crippen molar-refractivity contribution in [2.24, 2.45) is 0 Å². The minimum atomic E-state index is -0.683. The summed E-state index contributed by atoms with van der Waals surface area (Å²) in [6.07, 6.45) is 2.18. The zero-order chi connectivity index (χ0) is 14.5. The Labute approximate surface area is 116 Å². The number of carbonyl (C=O) groups is 1. The number of ether oxygens (including phenoxy) is 1. The molecule has 0 saturated carbocycles. The Balaban J connectivity index is 2.58. The highest BCUT2D eigenvalue weighted by molar-refractivity contribution is 5.87. The van der Waals surface area contributed by atoms with Crippen LogP contribution in [0.1, 0.15) is 29.9 Å². The van der Waals surface area contributed by atoms with Crippen LogP contribution in [0.4, 0.5) is 0 Å². The first-order valence-electron chi connectivity index (χ1n) is 6.52. The fraction of sp³-hybridized carbons (Fsp3) is 0.267. The summed E-state index contributed by atoms with van der Waals surface area (Å²) in [4.78, 5) is 23.9. The SMILES string of the molecule is CCOC(=O)c1nn(-c2ccccc2)cc(CC)c1=O. The van der Waals surface area contributed by atoms with E-state index in [9.17, 15) is 9.59 Å². The van der Waals surface area contributed by atoms with Crippen molar-refractivity contribution in [3.8, 4) is 5.69 Å². The van der Waals surface area contributed by atoms with Crippen LogP contribution in [0.5, 0.6) is 0 Å². The molecule has 5 nitrogen and oxygen atoms in total. The van der Waals surface area contributed by atoms with Gasteiger partial charge in [0.05, 0.1) is 12.3 Å². The molecule has 0 atom stereocenters. The first kappa shape index (κ1) is 14.0. The summed E-state index contributed by atoms with van der Waals surface area (Å²) in [5.74, 6) is -0.683. The fourth-order valence-corrected chi connectivity index (χ4v) is 1.84. The second-order valence-electron chi connectivity index (χ2n) is 4.19. The lowest BCUT2D eigenvalue weighted by Gasteiger charge is -2.09. The van der Waals surface area contributed by atoms with Crippen molar-refractivity contribution < 1.29 is 9.53 Å². The van der Waals surface area contributed by atoms with E-state index < -0.39 is 5.97 Å². The van der Waals surface area contributed by atoms with Crippen LogP contribution in [0.25, 0.3) is 5.69 Å². The van der Waals surface area contributed by atoms with Crippen molar-refractivity contribution in [1.29, 1.82) is 0 Å².